The maximum absolute atomic E-state index is 13.2. The first-order chi connectivity index (χ1) is 26.2. The zero-order valence-electron chi connectivity index (χ0n) is 30.8. The average molecular weight is 889 g/mol. The molecule has 0 aliphatic rings. The van der Waals surface area contributed by atoms with Crippen molar-refractivity contribution in [3.63, 3.8) is 0 Å². The summed E-state index contributed by atoms with van der Waals surface area (Å²) >= 11 is 0. The van der Waals surface area contributed by atoms with E-state index in [1.54, 1.807) is 0 Å². The van der Waals surface area contributed by atoms with E-state index >= 15 is 0 Å². The number of benzene rings is 6. The molecule has 0 saturated heterocycles. The number of carbonyl (C=O) groups is 1. The molecule has 0 aromatic heterocycles. The molecule has 8 N–H and O–H groups in total. The van der Waals surface area contributed by atoms with E-state index in [0.29, 0.717) is 0 Å². The van der Waals surface area contributed by atoms with Gasteiger partial charge in [0.25, 0.3) is 20.2 Å². The fraction of sp³-hybridized carbons (Fsp3) is 0. The Balaban J connectivity index is 0.00000310. The van der Waals surface area contributed by atoms with Gasteiger partial charge in [-0.05, 0) is 106 Å². The zero-order valence-corrected chi connectivity index (χ0v) is 39.3. The summed E-state index contributed by atoms with van der Waals surface area (Å²) in [5.74, 6) is -1.93. The number of rotatable bonds is 9. The predicted octanol–water partition coefficient (Wildman–Crippen LogP) is -3.81. The number of nitrogens with zero attached hydrogens (tertiary/aromatic N) is 4. The molecule has 26 heteroatoms. The molecule has 0 spiro atoms. The van der Waals surface area contributed by atoms with Crippen molar-refractivity contribution in [3.8, 4) is 11.5 Å². The van der Waals surface area contributed by atoms with Crippen LogP contribution in [0.5, 0.6) is 11.5 Å². The molecule has 6 aromatic rings. The van der Waals surface area contributed by atoms with E-state index in [4.69, 9.17) is 11.5 Å². The van der Waals surface area contributed by atoms with Gasteiger partial charge in [0.05, 0.1) is 27.6 Å². The summed E-state index contributed by atoms with van der Waals surface area (Å²) in [4.78, 5) is 10.0. The van der Waals surface area contributed by atoms with Crippen molar-refractivity contribution in [1.29, 1.82) is 0 Å². The molecule has 20 nitrogen and oxygen atoms in total. The van der Waals surface area contributed by atoms with Crippen LogP contribution in [-0.2, 0) is 30.4 Å². The minimum Gasteiger partial charge on any atom is -0.871 e. The largest absolute Gasteiger partial charge is 1.00 e. The van der Waals surface area contributed by atoms with E-state index in [-0.39, 0.29) is 139 Å². The fourth-order valence-corrected chi connectivity index (χ4v) is 7.14. The summed E-state index contributed by atoms with van der Waals surface area (Å²) in [6.07, 6.45) is 0. The second kappa shape index (κ2) is 19.3. The first-order valence-electron chi connectivity index (χ1n) is 15.3. The molecule has 0 saturated carbocycles. The summed E-state index contributed by atoms with van der Waals surface area (Å²) in [6, 6.07) is 17.9. The van der Waals surface area contributed by atoms with Gasteiger partial charge < -0.3 is 36.9 Å². The third-order valence-electron chi connectivity index (χ3n) is 7.82. The second-order valence-electron chi connectivity index (χ2n) is 11.7. The van der Waals surface area contributed by atoms with Crippen LogP contribution in [-0.4, -0.2) is 44.9 Å². The normalized spacial score (nSPS) is 11.8. The Bertz CT molecular complexity index is 3010. The van der Waals surface area contributed by atoms with Crippen molar-refractivity contribution in [3.05, 3.63) is 91.0 Å². The van der Waals surface area contributed by atoms with E-state index in [1.807, 2.05) is 0 Å². The number of anilines is 4. The van der Waals surface area contributed by atoms with Gasteiger partial charge in [-0.25, -0.2) is 13.2 Å². The molecule has 0 aliphatic carbocycles. The molecule has 0 unspecified atom stereocenters. The molecule has 288 valence electrons. The Morgan fingerprint density at radius 3 is 1.51 bits per heavy atom. The van der Waals surface area contributed by atoms with Gasteiger partial charge in [-0.1, -0.05) is 17.6 Å². The molecule has 0 atom stereocenters. The number of fused-ring (bicyclic) bond motifs is 2. The van der Waals surface area contributed by atoms with Gasteiger partial charge in [0.2, 0.25) is 0 Å². The molecule has 0 bridgehead atoms. The molecule has 6 rings (SSSR count). The third-order valence-corrected chi connectivity index (χ3v) is 10.4. The van der Waals surface area contributed by atoms with E-state index < -0.39 is 79.6 Å². The topological polar surface area (TPSA) is 355 Å². The Morgan fingerprint density at radius 1 is 0.593 bits per heavy atom. The first kappa shape index (κ1) is 49.6. The molecular weight excluding hydrogens is 866 g/mol. The number of nitrogen functional groups attached to an aromatic ring is 2. The molecule has 6 aromatic carbocycles. The van der Waals surface area contributed by atoms with Crippen molar-refractivity contribution in [2.75, 3.05) is 22.1 Å². The Kier molecular flexibility index (Phi) is 16.2. The van der Waals surface area contributed by atoms with Gasteiger partial charge >= 0.3 is 94.7 Å². The molecule has 0 heterocycles. The minimum atomic E-state index is -5.12. The Labute approximate surface area is 401 Å². The van der Waals surface area contributed by atoms with Gasteiger partial charge in [-0.15, -0.1) is 10.2 Å². The summed E-state index contributed by atoms with van der Waals surface area (Å²) in [5.41, 5.74) is 10.6. The maximum Gasteiger partial charge on any atom is 1.00 e. The summed E-state index contributed by atoms with van der Waals surface area (Å²) in [7, 11) is -15.0. The standard InChI is InChI=1S/C33H26N8O12S3.3Na/c34-18-1-10-24-16(11-18)13-26(55(48,49)50)29(31(24)42)40-38-21-6-2-19(3-7-21)36-33(44)37-20-4-8-22(9-5-20)39-41-30-27(56(51,52)53)14-17-12-23(54(45,46)47)15-25(35)28(17)32(30)43;;;/h1-15,42-43H,34-35H2,(H2,36,37,44)(H,45,46,47)(H,48,49,50)(H,51,52,53);;;/q;3*+1/p-3. The maximum atomic E-state index is 13.2. The quantitative estimate of drug-likeness (QED) is 0.0351. The van der Waals surface area contributed by atoms with Gasteiger partial charge in [0.1, 0.15) is 19.9 Å². The average Bonchev–Trinajstić information content (AvgIpc) is 3.10. The Hall–Kier alpha value is -3.76. The minimum absolute atomic E-state index is 0. The van der Waals surface area contributed by atoms with Crippen LogP contribution < -0.4 is 121 Å². The number of hydrogen-bond acceptors (Lipinski definition) is 16. The van der Waals surface area contributed by atoms with Gasteiger partial charge in [0, 0.05) is 22.7 Å². The number of nitrogens with two attached hydrogens (primary N) is 2. The van der Waals surface area contributed by atoms with Crippen LogP contribution >= 0.6 is 0 Å². The SMILES string of the molecule is Nc1ccc2c([O-])c(N=Nc3ccc(NC(=O)Nc4ccc(N=Nc5c(S(=O)(=O)O)cc6cc(S(=O)(=O)[O-])cc(N)c6c5[O-])cc4)cc3)c(S(=O)(=O)O)cc2c1.[Na+].[Na+].[Na+]. The monoisotopic (exact) mass is 888 g/mol. The number of amides is 2. The van der Waals surface area contributed by atoms with Crippen molar-refractivity contribution in [2.45, 2.75) is 14.7 Å². The van der Waals surface area contributed by atoms with Crippen molar-refractivity contribution >= 4 is 103 Å². The van der Waals surface area contributed by atoms with Gasteiger partial charge in [-0.3, -0.25) is 9.11 Å². The third kappa shape index (κ3) is 11.5. The van der Waals surface area contributed by atoms with Crippen LogP contribution in [0.3, 0.4) is 0 Å². The van der Waals surface area contributed by atoms with Crippen LogP contribution in [0.25, 0.3) is 21.5 Å². The second-order valence-corrected chi connectivity index (χ2v) is 15.8. The molecule has 0 fully saturated rings. The smallest absolute Gasteiger partial charge is 0.871 e. The number of nitrogens with one attached hydrogen (secondary N) is 2. The van der Waals surface area contributed by atoms with Crippen molar-refractivity contribution in [1.82, 2.24) is 0 Å². The predicted molar refractivity (Wildman–Crippen MR) is 197 cm³/mol. The van der Waals surface area contributed by atoms with Crippen molar-refractivity contribution < 1.29 is 143 Å². The summed E-state index contributed by atoms with van der Waals surface area (Å²) in [6.45, 7) is 0. The molecule has 0 aliphatic heterocycles. The molecule has 0 radical (unpaired) electrons. The fourth-order valence-electron chi connectivity index (χ4n) is 5.29. The number of urea groups is 1. The number of hydrogen-bond donors (Lipinski definition) is 6. The number of azo groups is 2. The molecule has 59 heavy (non-hydrogen) atoms. The van der Waals surface area contributed by atoms with Gasteiger partial charge in [0.15, 0.2) is 0 Å². The van der Waals surface area contributed by atoms with E-state index in [2.05, 4.69) is 31.1 Å². The zero-order chi connectivity index (χ0) is 40.7. The van der Waals surface area contributed by atoms with Crippen LogP contribution in [0.2, 0.25) is 0 Å². The number of carbonyl (C=O) groups excluding carboxylic acids is 1. The summed E-state index contributed by atoms with van der Waals surface area (Å²) < 4.78 is 102. The summed E-state index contributed by atoms with van der Waals surface area (Å²) in [5, 5.41) is 46.1. The van der Waals surface area contributed by atoms with E-state index in [1.165, 1.54) is 66.7 Å². The van der Waals surface area contributed by atoms with E-state index in [0.717, 1.165) is 24.3 Å². The van der Waals surface area contributed by atoms with Crippen LogP contribution in [0.15, 0.2) is 126 Å². The van der Waals surface area contributed by atoms with Crippen molar-refractivity contribution in [2.24, 2.45) is 20.5 Å². The van der Waals surface area contributed by atoms with E-state index in [9.17, 15) is 53.9 Å². The van der Waals surface area contributed by atoms with Crippen LogP contribution in [0.4, 0.5) is 50.3 Å². The molecule has 2 amide bonds. The molecular formula is C33H23N8Na3O12S3. The van der Waals surface area contributed by atoms with Crippen LogP contribution in [0.1, 0.15) is 0 Å². The van der Waals surface area contributed by atoms with Gasteiger partial charge in [-0.2, -0.15) is 27.1 Å². The van der Waals surface area contributed by atoms with Crippen LogP contribution in [0, 0.1) is 0 Å². The Morgan fingerprint density at radius 2 is 1.05 bits per heavy atom. The first-order valence-corrected chi connectivity index (χ1v) is 19.6.